The van der Waals surface area contributed by atoms with Crippen molar-refractivity contribution in [1.82, 2.24) is 0 Å². The third-order valence-corrected chi connectivity index (χ3v) is 0.275. The van der Waals surface area contributed by atoms with Crippen LogP contribution in [0.5, 0.6) is 0 Å². The summed E-state index contributed by atoms with van der Waals surface area (Å²) in [4.78, 5) is 0. The zero-order valence-corrected chi connectivity index (χ0v) is 3.66. The van der Waals surface area contributed by atoms with Gasteiger partial charge in [0.05, 0.1) is 6.07 Å². The van der Waals surface area contributed by atoms with E-state index in [1.165, 1.54) is 0 Å². The summed E-state index contributed by atoms with van der Waals surface area (Å²) in [6, 6.07) is 1.79. The number of alkyl halides is 1. The summed E-state index contributed by atoms with van der Waals surface area (Å²) in [5.41, 5.74) is 0. The molecule has 0 heterocycles. The Bertz CT molecular complexity index is 52.4. The van der Waals surface area contributed by atoms with E-state index in [-0.39, 0.29) is 5.38 Å². The van der Waals surface area contributed by atoms with Crippen molar-refractivity contribution in [2.45, 2.75) is 12.3 Å². The van der Waals surface area contributed by atoms with Gasteiger partial charge in [-0.1, -0.05) is 0 Å². The summed E-state index contributed by atoms with van der Waals surface area (Å²) in [5, 5.41) is 7.42. The van der Waals surface area contributed by atoms with Crippen LogP contribution in [-0.2, 0) is 0 Å². The highest BCUT2D eigenvalue weighted by Gasteiger charge is 1.82. The van der Waals surface area contributed by atoms with Crippen molar-refractivity contribution in [2.24, 2.45) is 0 Å². The highest BCUT2D eigenvalue weighted by Crippen LogP contribution is 1.85. The molecule has 0 aromatic rings. The average Bonchev–Trinajstić information content (AvgIpc) is 1.38. The molecule has 0 bridgehead atoms. The minimum absolute atomic E-state index is 0.338. The summed E-state index contributed by atoms with van der Waals surface area (Å²) in [6.07, 6.45) is 0. The first-order chi connectivity index (χ1) is 2.27. The van der Waals surface area contributed by atoms with Crippen molar-refractivity contribution in [3.63, 3.8) is 0 Å². The van der Waals surface area contributed by atoms with Crippen LogP contribution < -0.4 is 0 Å². The lowest BCUT2D eigenvalue weighted by atomic mass is 10.6. The lowest BCUT2D eigenvalue weighted by Crippen LogP contribution is -1.77. The third-order valence-electron chi connectivity index (χ3n) is 0.178. The van der Waals surface area contributed by atoms with Crippen LogP contribution in [0.1, 0.15) is 6.92 Å². The number of halogens is 1. The molecule has 0 spiro atoms. The average molecular weight is 89.5 g/mol. The molecule has 1 atom stereocenters. The minimum atomic E-state index is -0.338. The number of hydrogen-bond acceptors (Lipinski definition) is 1. The third kappa shape index (κ3) is 3.78. The van der Waals surface area contributed by atoms with Gasteiger partial charge in [-0.3, -0.25) is 0 Å². The number of nitriles is 1. The molecule has 0 rings (SSSR count). The Morgan fingerprint density at radius 1 is 2.00 bits per heavy atom. The normalized spacial score (nSPS) is 13.0. The first kappa shape index (κ1) is 4.78. The maximum absolute atomic E-state index is 7.76. The van der Waals surface area contributed by atoms with Crippen molar-refractivity contribution >= 4 is 11.6 Å². The van der Waals surface area contributed by atoms with Crippen LogP contribution in [0.3, 0.4) is 0 Å². The predicted molar refractivity (Wildman–Crippen MR) is 20.9 cm³/mol. The van der Waals surface area contributed by atoms with Gasteiger partial charge in [0.2, 0.25) is 0 Å². The van der Waals surface area contributed by atoms with E-state index in [9.17, 15) is 0 Å². The van der Waals surface area contributed by atoms with Gasteiger partial charge < -0.3 is 0 Å². The molecule has 2 heteroatoms. The second-order valence-electron chi connectivity index (χ2n) is 0.745. The zero-order chi connectivity index (χ0) is 4.28. The molecular formula is C3H4ClN. The van der Waals surface area contributed by atoms with Gasteiger partial charge in [-0.2, -0.15) is 5.26 Å². The molecule has 0 N–H and O–H groups in total. The quantitative estimate of drug-likeness (QED) is 0.408. The van der Waals surface area contributed by atoms with Crippen molar-refractivity contribution in [3.8, 4) is 6.07 Å². The van der Waals surface area contributed by atoms with E-state index in [1.54, 1.807) is 13.0 Å². The Hall–Kier alpha value is -0.220. The fraction of sp³-hybridized carbons (Fsp3) is 0.667. The molecular weight excluding hydrogens is 85.5 g/mol. The topological polar surface area (TPSA) is 23.8 Å². The molecule has 0 radical (unpaired) electrons. The Morgan fingerprint density at radius 2 is 2.20 bits per heavy atom. The molecule has 0 aliphatic rings. The van der Waals surface area contributed by atoms with Crippen LogP contribution in [0.2, 0.25) is 0 Å². The van der Waals surface area contributed by atoms with Crippen LogP contribution in [0.15, 0.2) is 0 Å². The molecule has 0 aromatic carbocycles. The van der Waals surface area contributed by atoms with Gasteiger partial charge in [0, 0.05) is 0 Å². The van der Waals surface area contributed by atoms with E-state index in [0.29, 0.717) is 0 Å². The van der Waals surface area contributed by atoms with E-state index in [2.05, 4.69) is 0 Å². The summed E-state index contributed by atoms with van der Waals surface area (Å²) >= 11 is 5.10. The largest absolute Gasteiger partial charge is 0.197 e. The van der Waals surface area contributed by atoms with E-state index in [4.69, 9.17) is 16.9 Å². The Balaban J connectivity index is 2.94. The number of nitrogens with zero attached hydrogens (tertiary/aromatic N) is 1. The summed E-state index contributed by atoms with van der Waals surface area (Å²) in [7, 11) is 0. The molecule has 5 heavy (non-hydrogen) atoms. The molecule has 0 aromatic heterocycles. The fourth-order valence-electron chi connectivity index (χ4n) is 0. The molecule has 0 saturated carbocycles. The van der Waals surface area contributed by atoms with Gasteiger partial charge >= 0.3 is 0 Å². The smallest absolute Gasteiger partial charge is 0.117 e. The molecule has 0 fully saturated rings. The first-order valence-electron chi connectivity index (χ1n) is 1.31. The molecule has 0 amide bonds. The molecule has 1 nitrogen and oxygen atoms in total. The summed E-state index contributed by atoms with van der Waals surface area (Å²) in [5.74, 6) is 0. The lowest BCUT2D eigenvalue weighted by Gasteiger charge is -1.72. The summed E-state index contributed by atoms with van der Waals surface area (Å²) in [6.45, 7) is 1.63. The van der Waals surface area contributed by atoms with Gasteiger partial charge in [0.1, 0.15) is 5.38 Å². The van der Waals surface area contributed by atoms with Crippen molar-refractivity contribution < 1.29 is 0 Å². The monoisotopic (exact) mass is 89.0 g/mol. The van der Waals surface area contributed by atoms with Gasteiger partial charge in [-0.05, 0) is 6.92 Å². The number of rotatable bonds is 0. The van der Waals surface area contributed by atoms with Gasteiger partial charge in [0.15, 0.2) is 0 Å². The molecule has 0 unspecified atom stereocenters. The SMILES string of the molecule is C[C@H](Cl)C#N. The van der Waals surface area contributed by atoms with Crippen LogP contribution >= 0.6 is 11.6 Å². The molecule has 0 saturated heterocycles. The fourth-order valence-corrected chi connectivity index (χ4v) is 0. The molecule has 28 valence electrons. The van der Waals surface area contributed by atoms with Crippen LogP contribution in [0, 0.1) is 11.3 Å². The zero-order valence-electron chi connectivity index (χ0n) is 2.90. The van der Waals surface area contributed by atoms with Gasteiger partial charge in [-0.25, -0.2) is 0 Å². The van der Waals surface area contributed by atoms with Crippen molar-refractivity contribution in [3.05, 3.63) is 0 Å². The highest BCUT2D eigenvalue weighted by molar-refractivity contribution is 6.21. The molecule has 0 aliphatic heterocycles. The van der Waals surface area contributed by atoms with Crippen molar-refractivity contribution in [2.75, 3.05) is 0 Å². The van der Waals surface area contributed by atoms with Gasteiger partial charge in [-0.15, -0.1) is 11.6 Å². The minimum Gasteiger partial charge on any atom is -0.197 e. The second-order valence-corrected chi connectivity index (χ2v) is 1.40. The maximum Gasteiger partial charge on any atom is 0.117 e. The van der Waals surface area contributed by atoms with Crippen LogP contribution in [-0.4, -0.2) is 5.38 Å². The summed E-state index contributed by atoms with van der Waals surface area (Å²) < 4.78 is 0. The molecule has 0 aliphatic carbocycles. The van der Waals surface area contributed by atoms with E-state index >= 15 is 0 Å². The van der Waals surface area contributed by atoms with Gasteiger partial charge in [0.25, 0.3) is 0 Å². The Kier molecular flexibility index (Phi) is 1.95. The maximum atomic E-state index is 7.76. The van der Waals surface area contributed by atoms with E-state index < -0.39 is 0 Å². The highest BCUT2D eigenvalue weighted by atomic mass is 35.5. The van der Waals surface area contributed by atoms with Crippen molar-refractivity contribution in [1.29, 1.82) is 5.26 Å². The van der Waals surface area contributed by atoms with E-state index in [0.717, 1.165) is 0 Å². The standard InChI is InChI=1S/C3H4ClN/c1-3(4)2-5/h3H,1H3/t3-/m0/s1. The second kappa shape index (κ2) is 2.04. The van der Waals surface area contributed by atoms with Crippen LogP contribution in [0.25, 0.3) is 0 Å². The van der Waals surface area contributed by atoms with Crippen LogP contribution in [0.4, 0.5) is 0 Å². The lowest BCUT2D eigenvalue weighted by molar-refractivity contribution is 1.23. The predicted octanol–water partition coefficient (Wildman–Crippen LogP) is 1.14. The number of hydrogen-bond donors (Lipinski definition) is 0. The van der Waals surface area contributed by atoms with E-state index in [1.807, 2.05) is 0 Å². The first-order valence-corrected chi connectivity index (χ1v) is 1.74. The Labute approximate surface area is 36.2 Å². The Morgan fingerprint density at radius 3 is 2.20 bits per heavy atom.